The number of alkyl halides is 2. The van der Waals surface area contributed by atoms with Crippen LogP contribution < -0.4 is 10.1 Å². The highest BCUT2D eigenvalue weighted by Gasteiger charge is 2.25. The van der Waals surface area contributed by atoms with Crippen LogP contribution in [0.5, 0.6) is 5.88 Å². The van der Waals surface area contributed by atoms with Crippen LogP contribution in [0.15, 0.2) is 17.4 Å². The highest BCUT2D eigenvalue weighted by Crippen LogP contribution is 2.29. The van der Waals surface area contributed by atoms with E-state index in [1.807, 2.05) is 27.0 Å². The summed E-state index contributed by atoms with van der Waals surface area (Å²) in [6, 6.07) is 0. The van der Waals surface area contributed by atoms with E-state index in [9.17, 15) is 13.2 Å². The number of hydrogen-bond acceptors (Lipinski definition) is 7. The van der Waals surface area contributed by atoms with Gasteiger partial charge in [-0.05, 0) is 59.1 Å². The fourth-order valence-electron chi connectivity index (χ4n) is 3.65. The zero-order chi connectivity index (χ0) is 23.3. The normalized spacial score (nSPS) is 19.2. The number of nitrogens with zero attached hydrogens (tertiary/aromatic N) is 5. The minimum Gasteiger partial charge on any atom is -0.475 e. The number of hydrogen-bond donors (Lipinski definition) is 1. The molecule has 2 heterocycles. The molecule has 0 unspecified atom stereocenters. The summed E-state index contributed by atoms with van der Waals surface area (Å²) in [5.41, 5.74) is 1.04. The van der Waals surface area contributed by atoms with Crippen molar-refractivity contribution in [3.63, 3.8) is 0 Å². The van der Waals surface area contributed by atoms with Crippen molar-refractivity contribution in [3.05, 3.63) is 23.9 Å². The van der Waals surface area contributed by atoms with Gasteiger partial charge in [0.15, 0.2) is 0 Å². The molecule has 11 heteroatoms. The summed E-state index contributed by atoms with van der Waals surface area (Å²) in [6.45, 7) is 7.35. The molecular weight excluding hydrogens is 425 g/mol. The van der Waals surface area contributed by atoms with E-state index in [1.165, 1.54) is 0 Å². The van der Waals surface area contributed by atoms with Crippen molar-refractivity contribution >= 4 is 18.4 Å². The zero-order valence-electron chi connectivity index (χ0n) is 18.5. The molecule has 2 aromatic rings. The maximum atomic E-state index is 14.2. The summed E-state index contributed by atoms with van der Waals surface area (Å²) in [5.74, 6) is -0.525. The molecule has 8 nitrogen and oxygen atoms in total. The van der Waals surface area contributed by atoms with Gasteiger partial charge in [-0.2, -0.15) is 23.3 Å². The Morgan fingerprint density at radius 2 is 2.03 bits per heavy atom. The Kier molecular flexibility index (Phi) is 7.70. The van der Waals surface area contributed by atoms with Gasteiger partial charge in [0.2, 0.25) is 11.8 Å². The second kappa shape index (κ2) is 10.3. The number of rotatable bonds is 10. The van der Waals surface area contributed by atoms with Crippen LogP contribution in [0.2, 0.25) is 0 Å². The van der Waals surface area contributed by atoms with Gasteiger partial charge >= 0.3 is 6.61 Å². The lowest BCUT2D eigenvalue weighted by molar-refractivity contribution is -0.171. The Morgan fingerprint density at radius 1 is 1.31 bits per heavy atom. The average Bonchev–Trinajstić information content (AvgIpc) is 3.10. The maximum absolute atomic E-state index is 14.2. The van der Waals surface area contributed by atoms with E-state index < -0.39 is 18.5 Å². The summed E-state index contributed by atoms with van der Waals surface area (Å²) in [5, 5.41) is 7.56. The number of ether oxygens (including phenoxy) is 2. The predicted octanol–water partition coefficient (Wildman–Crippen LogP) is 4.48. The van der Waals surface area contributed by atoms with Crippen LogP contribution in [0, 0.1) is 18.7 Å². The quantitative estimate of drug-likeness (QED) is 0.533. The monoisotopic (exact) mass is 454 g/mol. The molecule has 0 bridgehead atoms. The molecular formula is C21H29F3N6O2. The van der Waals surface area contributed by atoms with Gasteiger partial charge in [-0.3, -0.25) is 9.67 Å². The number of aromatic nitrogens is 4. The summed E-state index contributed by atoms with van der Waals surface area (Å²) in [4.78, 5) is 12.1. The van der Waals surface area contributed by atoms with E-state index in [4.69, 9.17) is 4.74 Å². The molecule has 1 N–H and O–H groups in total. The van der Waals surface area contributed by atoms with Crippen molar-refractivity contribution in [2.24, 2.45) is 10.9 Å². The van der Waals surface area contributed by atoms with Gasteiger partial charge in [0, 0.05) is 6.20 Å². The Bertz CT molecular complexity index is 913. The molecule has 0 aliphatic heterocycles. The van der Waals surface area contributed by atoms with E-state index in [0.29, 0.717) is 37.9 Å². The SMILES string of the molecule is C=NCC(C)(C)n1cc(Nc2ncc(F)c(OCC3CCC(OC(F)F)CC3)n2)c(C)n1. The fraction of sp³-hybridized carbons (Fsp3) is 0.619. The van der Waals surface area contributed by atoms with Crippen molar-refractivity contribution in [3.8, 4) is 5.88 Å². The third kappa shape index (κ3) is 6.18. The highest BCUT2D eigenvalue weighted by molar-refractivity contribution is 5.55. The number of aliphatic imine (C=N–C) groups is 1. The minimum atomic E-state index is -2.76. The van der Waals surface area contributed by atoms with Crippen LogP contribution in [0.4, 0.5) is 24.8 Å². The van der Waals surface area contributed by atoms with E-state index in [-0.39, 0.29) is 29.9 Å². The van der Waals surface area contributed by atoms with Crippen molar-refractivity contribution in [2.45, 2.75) is 64.7 Å². The van der Waals surface area contributed by atoms with Crippen molar-refractivity contribution < 1.29 is 22.6 Å². The molecule has 1 aliphatic carbocycles. The topological polar surface area (TPSA) is 86.5 Å². The Labute approximate surface area is 185 Å². The fourth-order valence-corrected chi connectivity index (χ4v) is 3.65. The van der Waals surface area contributed by atoms with Gasteiger partial charge in [-0.1, -0.05) is 0 Å². The van der Waals surface area contributed by atoms with Crippen LogP contribution in [-0.4, -0.2) is 52.3 Å². The minimum absolute atomic E-state index is 0.125. The average molecular weight is 454 g/mol. The number of halogens is 3. The lowest BCUT2D eigenvalue weighted by atomic mass is 9.88. The highest BCUT2D eigenvalue weighted by atomic mass is 19.3. The summed E-state index contributed by atoms with van der Waals surface area (Å²) < 4.78 is 50.8. The van der Waals surface area contributed by atoms with Crippen LogP contribution in [0.1, 0.15) is 45.2 Å². The Balaban J connectivity index is 1.61. The summed E-state index contributed by atoms with van der Waals surface area (Å²) >= 11 is 0. The molecule has 0 saturated heterocycles. The van der Waals surface area contributed by atoms with Crippen molar-refractivity contribution in [2.75, 3.05) is 18.5 Å². The number of nitrogens with one attached hydrogen (secondary N) is 1. The Morgan fingerprint density at radius 3 is 2.69 bits per heavy atom. The van der Waals surface area contributed by atoms with E-state index >= 15 is 0 Å². The van der Waals surface area contributed by atoms with Crippen LogP contribution in [-0.2, 0) is 10.3 Å². The van der Waals surface area contributed by atoms with Gasteiger partial charge in [-0.15, -0.1) is 0 Å². The third-order valence-electron chi connectivity index (χ3n) is 5.52. The first-order chi connectivity index (χ1) is 15.2. The molecule has 2 aromatic heterocycles. The smallest absolute Gasteiger partial charge is 0.345 e. The molecule has 0 aromatic carbocycles. The summed E-state index contributed by atoms with van der Waals surface area (Å²) in [7, 11) is 0. The standard InChI is InChI=1S/C21H29F3N6O2/c1-13-17(10-30(29-13)21(2,3)12-25-4)27-20-26-9-16(22)18(28-20)31-11-14-5-7-15(8-6-14)32-19(23)24/h9-10,14-15,19H,4-8,11-12H2,1-3H3,(H,26,27,28). The van der Waals surface area contributed by atoms with E-state index in [0.717, 1.165) is 11.9 Å². The van der Waals surface area contributed by atoms with Gasteiger partial charge < -0.3 is 14.8 Å². The number of anilines is 2. The summed E-state index contributed by atoms with van der Waals surface area (Å²) in [6.07, 6.45) is 4.81. The van der Waals surface area contributed by atoms with Crippen LogP contribution in [0.25, 0.3) is 0 Å². The first kappa shape index (κ1) is 24.0. The van der Waals surface area contributed by atoms with Crippen molar-refractivity contribution in [1.82, 2.24) is 19.7 Å². The third-order valence-corrected chi connectivity index (χ3v) is 5.52. The largest absolute Gasteiger partial charge is 0.475 e. The molecule has 1 fully saturated rings. The molecule has 176 valence electrons. The molecule has 0 amide bonds. The van der Waals surface area contributed by atoms with Gasteiger partial charge in [0.05, 0.1) is 42.4 Å². The number of aryl methyl sites for hydroxylation is 1. The van der Waals surface area contributed by atoms with E-state index in [2.05, 4.69) is 36.8 Å². The lowest BCUT2D eigenvalue weighted by Crippen LogP contribution is -2.30. The van der Waals surface area contributed by atoms with Gasteiger partial charge in [0.25, 0.3) is 5.88 Å². The van der Waals surface area contributed by atoms with Crippen LogP contribution >= 0.6 is 0 Å². The molecule has 32 heavy (non-hydrogen) atoms. The molecule has 1 saturated carbocycles. The molecule has 0 spiro atoms. The van der Waals surface area contributed by atoms with E-state index in [1.54, 1.807) is 4.68 Å². The van der Waals surface area contributed by atoms with Gasteiger partial charge in [-0.25, -0.2) is 4.98 Å². The lowest BCUT2D eigenvalue weighted by Gasteiger charge is -2.28. The molecule has 0 radical (unpaired) electrons. The first-order valence-corrected chi connectivity index (χ1v) is 10.5. The maximum Gasteiger partial charge on any atom is 0.345 e. The van der Waals surface area contributed by atoms with Crippen molar-refractivity contribution in [1.29, 1.82) is 0 Å². The van der Waals surface area contributed by atoms with Crippen LogP contribution in [0.3, 0.4) is 0 Å². The second-order valence-corrected chi connectivity index (χ2v) is 8.59. The first-order valence-electron chi connectivity index (χ1n) is 10.5. The second-order valence-electron chi connectivity index (χ2n) is 8.59. The predicted molar refractivity (Wildman–Crippen MR) is 114 cm³/mol. The molecule has 3 rings (SSSR count). The molecule has 1 aliphatic rings. The zero-order valence-corrected chi connectivity index (χ0v) is 18.5. The molecule has 0 atom stereocenters. The van der Waals surface area contributed by atoms with Gasteiger partial charge in [0.1, 0.15) is 0 Å². The Hall–Kier alpha value is -2.69.